The van der Waals surface area contributed by atoms with Crippen LogP contribution in [0.15, 0.2) is 21.7 Å². The number of hydrogen-bond donors (Lipinski definition) is 0. The van der Waals surface area contributed by atoms with E-state index in [0.29, 0.717) is 10.1 Å². The van der Waals surface area contributed by atoms with Crippen LogP contribution in [-0.2, 0) is 9.47 Å². The lowest BCUT2D eigenvalue weighted by atomic mass is 9.84. The third-order valence-electron chi connectivity index (χ3n) is 4.77. The van der Waals surface area contributed by atoms with E-state index in [4.69, 9.17) is 55.9 Å². The fourth-order valence-corrected chi connectivity index (χ4v) is 6.25. The maximum absolute atomic E-state index is 6.88. The minimum atomic E-state index is -1.25. The summed E-state index contributed by atoms with van der Waals surface area (Å²) in [5.41, 5.74) is 1.24. The van der Waals surface area contributed by atoms with Crippen LogP contribution in [0.4, 0.5) is 0 Å². The number of fused-ring (bicyclic) bond motifs is 5. The van der Waals surface area contributed by atoms with Gasteiger partial charge in [0.15, 0.2) is 0 Å². The average Bonchev–Trinajstić information content (AvgIpc) is 2.89. The number of ether oxygens (including phenoxy) is 2. The number of halogens is 4. The zero-order valence-electron chi connectivity index (χ0n) is 10.8. The van der Waals surface area contributed by atoms with Gasteiger partial charge in [-0.2, -0.15) is 0 Å². The molecule has 1 saturated carbocycles. The Balaban J connectivity index is 2.30. The molecule has 0 radical (unpaired) electrons. The van der Waals surface area contributed by atoms with Crippen molar-refractivity contribution in [3.05, 3.63) is 21.7 Å². The summed E-state index contributed by atoms with van der Waals surface area (Å²) in [5.74, 6) is -1.26. The number of rotatable bonds is 2. The zero-order valence-corrected chi connectivity index (χ0v) is 13.8. The van der Waals surface area contributed by atoms with Crippen molar-refractivity contribution in [1.82, 2.24) is 0 Å². The molecule has 0 heterocycles. The van der Waals surface area contributed by atoms with Gasteiger partial charge < -0.3 is 9.47 Å². The Morgan fingerprint density at radius 2 is 1.63 bits per heavy atom. The summed E-state index contributed by atoms with van der Waals surface area (Å²) in [7, 11) is 3.05. The van der Waals surface area contributed by atoms with E-state index >= 15 is 0 Å². The lowest BCUT2D eigenvalue weighted by Gasteiger charge is -2.41. The topological polar surface area (TPSA) is 18.5 Å². The second-order valence-electron chi connectivity index (χ2n) is 5.43. The fourth-order valence-electron chi connectivity index (χ4n) is 4.07. The quantitative estimate of drug-likeness (QED) is 0.424. The molecule has 0 saturated heterocycles. The van der Waals surface area contributed by atoms with E-state index in [1.54, 1.807) is 0 Å². The largest absolute Gasteiger partial charge is 0.350 e. The van der Waals surface area contributed by atoms with Crippen LogP contribution >= 0.6 is 46.4 Å². The molecule has 106 valence electrons. The van der Waals surface area contributed by atoms with Gasteiger partial charge in [0.2, 0.25) is 5.79 Å². The van der Waals surface area contributed by atoms with E-state index in [0.717, 1.165) is 6.42 Å². The summed E-state index contributed by atoms with van der Waals surface area (Å²) >= 11 is 26.5. The second-order valence-corrected chi connectivity index (χ2v) is 7.37. The molecule has 0 spiro atoms. The normalized spacial score (nSPS) is 46.8. The minimum Gasteiger partial charge on any atom is -0.350 e. The summed E-state index contributed by atoms with van der Waals surface area (Å²) < 4.78 is 11.3. The molecule has 6 heteroatoms. The van der Waals surface area contributed by atoms with Crippen molar-refractivity contribution >= 4 is 46.4 Å². The van der Waals surface area contributed by atoms with Crippen molar-refractivity contribution in [3.8, 4) is 0 Å². The van der Waals surface area contributed by atoms with Crippen molar-refractivity contribution in [3.63, 3.8) is 0 Å². The Morgan fingerprint density at radius 3 is 2.16 bits per heavy atom. The first kappa shape index (κ1) is 14.5. The van der Waals surface area contributed by atoms with Gasteiger partial charge in [-0.15, -0.1) is 23.2 Å². The average molecular weight is 344 g/mol. The van der Waals surface area contributed by atoms with Gasteiger partial charge in [0.25, 0.3) is 0 Å². The molecular formula is C13H14Cl4O2. The van der Waals surface area contributed by atoms with Gasteiger partial charge in [0, 0.05) is 26.1 Å². The van der Waals surface area contributed by atoms with Crippen molar-refractivity contribution in [1.29, 1.82) is 0 Å². The zero-order chi connectivity index (χ0) is 14.2. The van der Waals surface area contributed by atoms with Gasteiger partial charge in [-0.1, -0.05) is 34.9 Å². The molecule has 2 bridgehead atoms. The van der Waals surface area contributed by atoms with Gasteiger partial charge in [0.1, 0.15) is 9.75 Å². The van der Waals surface area contributed by atoms with E-state index in [1.165, 1.54) is 19.8 Å². The van der Waals surface area contributed by atoms with E-state index in [9.17, 15) is 0 Å². The molecule has 0 aromatic heterocycles. The first-order valence-corrected chi connectivity index (χ1v) is 7.54. The van der Waals surface area contributed by atoms with Gasteiger partial charge in [-0.05, 0) is 13.3 Å². The Labute approximate surface area is 132 Å². The molecule has 4 atom stereocenters. The van der Waals surface area contributed by atoms with E-state index in [-0.39, 0.29) is 11.8 Å². The summed E-state index contributed by atoms with van der Waals surface area (Å²) in [6, 6.07) is 0. The minimum absolute atomic E-state index is 0.0292. The number of hydrogen-bond acceptors (Lipinski definition) is 2. The van der Waals surface area contributed by atoms with Gasteiger partial charge in [-0.3, -0.25) is 0 Å². The van der Waals surface area contributed by atoms with Gasteiger partial charge in [0.05, 0.1) is 10.1 Å². The molecule has 0 N–H and O–H groups in total. The first-order chi connectivity index (χ1) is 8.81. The molecular weight excluding hydrogens is 330 g/mol. The summed E-state index contributed by atoms with van der Waals surface area (Å²) in [6.45, 7) is 2.06. The SMILES string of the molecule is COC1(OC)[C@@]2(Cl)C(Cl)=C(Cl)[C@]1(Cl)[C@@H]1C=C(C)C[C@@H]12. The molecule has 3 rings (SSSR count). The molecule has 1 fully saturated rings. The Morgan fingerprint density at radius 1 is 1.11 bits per heavy atom. The van der Waals surface area contributed by atoms with Gasteiger partial charge in [-0.25, -0.2) is 0 Å². The van der Waals surface area contributed by atoms with Crippen LogP contribution in [0.3, 0.4) is 0 Å². The highest BCUT2D eigenvalue weighted by Gasteiger charge is 2.84. The second kappa shape index (κ2) is 4.06. The van der Waals surface area contributed by atoms with Crippen molar-refractivity contribution < 1.29 is 9.47 Å². The first-order valence-electron chi connectivity index (χ1n) is 6.03. The number of alkyl halides is 2. The molecule has 0 aliphatic heterocycles. The van der Waals surface area contributed by atoms with Crippen LogP contribution in [0, 0.1) is 11.8 Å². The van der Waals surface area contributed by atoms with E-state index < -0.39 is 15.5 Å². The van der Waals surface area contributed by atoms with E-state index in [2.05, 4.69) is 13.0 Å². The Hall–Kier alpha value is 0.560. The maximum Gasteiger partial charge on any atom is 0.218 e. The summed E-state index contributed by atoms with van der Waals surface area (Å²) in [5, 5.41) is 0.681. The predicted octanol–water partition coefficient (Wildman–Crippen LogP) is 4.23. The molecule has 2 nitrogen and oxygen atoms in total. The van der Waals surface area contributed by atoms with Gasteiger partial charge >= 0.3 is 0 Å². The predicted molar refractivity (Wildman–Crippen MR) is 78.0 cm³/mol. The van der Waals surface area contributed by atoms with Crippen LogP contribution in [0.2, 0.25) is 0 Å². The van der Waals surface area contributed by atoms with Crippen LogP contribution in [0.25, 0.3) is 0 Å². The van der Waals surface area contributed by atoms with Crippen LogP contribution < -0.4 is 0 Å². The molecule has 0 aromatic carbocycles. The highest BCUT2D eigenvalue weighted by atomic mass is 35.5. The molecule has 0 aromatic rings. The highest BCUT2D eigenvalue weighted by molar-refractivity contribution is 6.52. The smallest absolute Gasteiger partial charge is 0.218 e. The fraction of sp³-hybridized carbons (Fsp3) is 0.692. The molecule has 0 amide bonds. The van der Waals surface area contributed by atoms with Crippen molar-refractivity contribution in [2.45, 2.75) is 28.9 Å². The molecule has 19 heavy (non-hydrogen) atoms. The number of allylic oxidation sites excluding steroid dienone is 2. The summed E-state index contributed by atoms with van der Waals surface area (Å²) in [4.78, 5) is -2.12. The van der Waals surface area contributed by atoms with E-state index in [1.807, 2.05) is 0 Å². The van der Waals surface area contributed by atoms with Crippen molar-refractivity contribution in [2.24, 2.45) is 11.8 Å². The Kier molecular flexibility index (Phi) is 3.09. The lowest BCUT2D eigenvalue weighted by Crippen LogP contribution is -2.57. The van der Waals surface area contributed by atoms with Crippen LogP contribution in [0.1, 0.15) is 13.3 Å². The standard InChI is InChI=1S/C13H14Cl4O2/c1-6-4-7-8(5-6)12(17)10(15)9(14)11(7,16)13(12,18-2)19-3/h4,7-8H,5H2,1-3H3/t7-,8+,11-,12+/m1/s1. The highest BCUT2D eigenvalue weighted by Crippen LogP contribution is 2.76. The van der Waals surface area contributed by atoms with Crippen molar-refractivity contribution in [2.75, 3.05) is 14.2 Å². The Bertz CT molecular complexity index is 511. The molecule has 3 aliphatic rings. The summed E-state index contributed by atoms with van der Waals surface area (Å²) in [6.07, 6.45) is 2.93. The maximum atomic E-state index is 6.88. The molecule has 0 unspecified atom stereocenters. The van der Waals surface area contributed by atoms with Crippen LogP contribution in [-0.4, -0.2) is 29.8 Å². The number of methoxy groups -OCH3 is 2. The van der Waals surface area contributed by atoms with Crippen LogP contribution in [0.5, 0.6) is 0 Å². The lowest BCUT2D eigenvalue weighted by molar-refractivity contribution is -0.220. The molecule has 3 aliphatic carbocycles. The monoisotopic (exact) mass is 342 g/mol. The third kappa shape index (κ3) is 1.22. The third-order valence-corrected chi connectivity index (χ3v) is 7.45.